The number of anilines is 1. The van der Waals surface area contributed by atoms with Gasteiger partial charge in [0.05, 0.1) is 0 Å². The van der Waals surface area contributed by atoms with E-state index in [-0.39, 0.29) is 0 Å². The SMILES string of the molecule is CCCC(c1ccccc1N)N1CCCC1. The number of hydrogen-bond donors (Lipinski definition) is 1. The average Bonchev–Trinajstić information content (AvgIpc) is 2.80. The van der Waals surface area contributed by atoms with Gasteiger partial charge in [-0.25, -0.2) is 0 Å². The fourth-order valence-corrected chi connectivity index (χ4v) is 2.68. The smallest absolute Gasteiger partial charge is 0.0368 e. The van der Waals surface area contributed by atoms with Gasteiger partial charge in [-0.2, -0.15) is 0 Å². The number of nitrogens with two attached hydrogens (primary N) is 1. The number of para-hydroxylation sites is 1. The Bertz CT molecular complexity index is 329. The number of likely N-dealkylation sites (tertiary alicyclic amines) is 1. The lowest BCUT2D eigenvalue weighted by Crippen LogP contribution is -2.26. The lowest BCUT2D eigenvalue weighted by Gasteiger charge is -2.28. The van der Waals surface area contributed by atoms with Crippen molar-refractivity contribution in [2.75, 3.05) is 18.8 Å². The van der Waals surface area contributed by atoms with Gasteiger partial charge in [0.15, 0.2) is 0 Å². The van der Waals surface area contributed by atoms with Crippen molar-refractivity contribution in [1.82, 2.24) is 4.90 Å². The molecule has 1 atom stereocenters. The maximum Gasteiger partial charge on any atom is 0.0368 e. The molecule has 1 saturated heterocycles. The number of nitrogens with zero attached hydrogens (tertiary/aromatic N) is 1. The normalized spacial score (nSPS) is 18.8. The van der Waals surface area contributed by atoms with E-state index >= 15 is 0 Å². The van der Waals surface area contributed by atoms with Gasteiger partial charge in [0.2, 0.25) is 0 Å². The van der Waals surface area contributed by atoms with E-state index in [0.29, 0.717) is 6.04 Å². The third-order valence-electron chi connectivity index (χ3n) is 3.50. The van der Waals surface area contributed by atoms with Gasteiger partial charge >= 0.3 is 0 Å². The predicted molar refractivity (Wildman–Crippen MR) is 69.3 cm³/mol. The molecule has 0 aliphatic carbocycles. The van der Waals surface area contributed by atoms with E-state index < -0.39 is 0 Å². The molecular formula is C14H22N2. The summed E-state index contributed by atoms with van der Waals surface area (Å²) >= 11 is 0. The molecule has 2 N–H and O–H groups in total. The third kappa shape index (κ3) is 2.38. The molecule has 0 radical (unpaired) electrons. The van der Waals surface area contributed by atoms with Crippen LogP contribution in [0.3, 0.4) is 0 Å². The number of hydrogen-bond acceptors (Lipinski definition) is 2. The van der Waals surface area contributed by atoms with Crippen molar-refractivity contribution in [2.24, 2.45) is 0 Å². The van der Waals surface area contributed by atoms with Crippen molar-refractivity contribution in [1.29, 1.82) is 0 Å². The first-order chi connectivity index (χ1) is 7.83. The summed E-state index contributed by atoms with van der Waals surface area (Å²) in [5.74, 6) is 0. The Balaban J connectivity index is 2.21. The zero-order chi connectivity index (χ0) is 11.4. The summed E-state index contributed by atoms with van der Waals surface area (Å²) in [6.45, 7) is 4.72. The van der Waals surface area contributed by atoms with Crippen LogP contribution in [0, 0.1) is 0 Å². The highest BCUT2D eigenvalue weighted by Gasteiger charge is 2.23. The van der Waals surface area contributed by atoms with Gasteiger partial charge in [-0.15, -0.1) is 0 Å². The second kappa shape index (κ2) is 5.35. The molecule has 16 heavy (non-hydrogen) atoms. The van der Waals surface area contributed by atoms with E-state index in [1.165, 1.54) is 44.3 Å². The molecule has 2 rings (SSSR count). The van der Waals surface area contributed by atoms with Crippen molar-refractivity contribution < 1.29 is 0 Å². The Morgan fingerprint density at radius 3 is 2.56 bits per heavy atom. The minimum atomic E-state index is 0.536. The molecule has 1 unspecified atom stereocenters. The van der Waals surface area contributed by atoms with Crippen LogP contribution in [0.2, 0.25) is 0 Å². The Kier molecular flexibility index (Phi) is 3.83. The van der Waals surface area contributed by atoms with E-state index in [2.05, 4.69) is 24.0 Å². The lowest BCUT2D eigenvalue weighted by atomic mass is 9.99. The quantitative estimate of drug-likeness (QED) is 0.786. The van der Waals surface area contributed by atoms with Crippen molar-refractivity contribution >= 4 is 5.69 Å². The van der Waals surface area contributed by atoms with E-state index in [0.717, 1.165) is 5.69 Å². The van der Waals surface area contributed by atoms with Gasteiger partial charge in [0.1, 0.15) is 0 Å². The van der Waals surface area contributed by atoms with Crippen LogP contribution >= 0.6 is 0 Å². The number of rotatable bonds is 4. The van der Waals surface area contributed by atoms with Crippen LogP contribution in [0.15, 0.2) is 24.3 Å². The Morgan fingerprint density at radius 2 is 1.94 bits per heavy atom. The first-order valence-electron chi connectivity index (χ1n) is 6.41. The van der Waals surface area contributed by atoms with Gasteiger partial charge in [-0.05, 0) is 44.0 Å². The number of nitrogen functional groups attached to an aromatic ring is 1. The highest BCUT2D eigenvalue weighted by Crippen LogP contribution is 2.32. The number of benzene rings is 1. The van der Waals surface area contributed by atoms with Crippen LogP contribution in [-0.2, 0) is 0 Å². The van der Waals surface area contributed by atoms with E-state index in [4.69, 9.17) is 5.73 Å². The summed E-state index contributed by atoms with van der Waals surface area (Å²) in [4.78, 5) is 2.59. The van der Waals surface area contributed by atoms with Crippen LogP contribution in [0.1, 0.15) is 44.2 Å². The molecule has 0 bridgehead atoms. The van der Waals surface area contributed by atoms with Gasteiger partial charge in [-0.3, -0.25) is 4.90 Å². The van der Waals surface area contributed by atoms with Crippen molar-refractivity contribution in [3.05, 3.63) is 29.8 Å². The Morgan fingerprint density at radius 1 is 1.25 bits per heavy atom. The molecular weight excluding hydrogens is 196 g/mol. The predicted octanol–water partition coefficient (Wildman–Crippen LogP) is 3.21. The standard InChI is InChI=1S/C14H22N2/c1-2-7-14(16-10-5-6-11-16)12-8-3-4-9-13(12)15/h3-4,8-9,14H,2,5-7,10-11,15H2,1H3. The van der Waals surface area contributed by atoms with Gasteiger partial charge in [0.25, 0.3) is 0 Å². The third-order valence-corrected chi connectivity index (χ3v) is 3.50. The highest BCUT2D eigenvalue weighted by molar-refractivity contribution is 5.48. The maximum absolute atomic E-state index is 6.09. The largest absolute Gasteiger partial charge is 0.398 e. The molecule has 1 aromatic rings. The van der Waals surface area contributed by atoms with Crippen molar-refractivity contribution in [2.45, 2.75) is 38.6 Å². The first-order valence-corrected chi connectivity index (χ1v) is 6.41. The molecule has 2 heteroatoms. The van der Waals surface area contributed by atoms with Crippen LogP contribution < -0.4 is 5.73 Å². The minimum absolute atomic E-state index is 0.536. The zero-order valence-electron chi connectivity index (χ0n) is 10.2. The molecule has 1 aliphatic heterocycles. The van der Waals surface area contributed by atoms with Crippen LogP contribution in [-0.4, -0.2) is 18.0 Å². The summed E-state index contributed by atoms with van der Waals surface area (Å²) in [5.41, 5.74) is 8.37. The second-order valence-corrected chi connectivity index (χ2v) is 4.68. The van der Waals surface area contributed by atoms with Crippen LogP contribution in [0.5, 0.6) is 0 Å². The second-order valence-electron chi connectivity index (χ2n) is 4.68. The fraction of sp³-hybridized carbons (Fsp3) is 0.571. The summed E-state index contributed by atoms with van der Waals surface area (Å²) in [6, 6.07) is 8.87. The molecule has 0 saturated carbocycles. The minimum Gasteiger partial charge on any atom is -0.398 e. The molecule has 1 heterocycles. The summed E-state index contributed by atoms with van der Waals surface area (Å²) in [6.07, 6.45) is 5.11. The fourth-order valence-electron chi connectivity index (χ4n) is 2.68. The Labute approximate surface area is 98.4 Å². The van der Waals surface area contributed by atoms with Crippen molar-refractivity contribution in [3.63, 3.8) is 0 Å². The molecule has 0 aromatic heterocycles. The van der Waals surface area contributed by atoms with Gasteiger partial charge < -0.3 is 5.73 Å². The molecule has 0 amide bonds. The van der Waals surface area contributed by atoms with E-state index in [1.807, 2.05) is 12.1 Å². The lowest BCUT2D eigenvalue weighted by molar-refractivity contribution is 0.233. The molecule has 88 valence electrons. The molecule has 1 aromatic carbocycles. The molecule has 1 aliphatic rings. The summed E-state index contributed by atoms with van der Waals surface area (Å²) < 4.78 is 0. The van der Waals surface area contributed by atoms with Gasteiger partial charge in [0, 0.05) is 11.7 Å². The maximum atomic E-state index is 6.09. The summed E-state index contributed by atoms with van der Waals surface area (Å²) in [7, 11) is 0. The average molecular weight is 218 g/mol. The topological polar surface area (TPSA) is 29.3 Å². The van der Waals surface area contributed by atoms with Crippen LogP contribution in [0.25, 0.3) is 0 Å². The zero-order valence-corrected chi connectivity index (χ0v) is 10.2. The molecule has 0 spiro atoms. The molecule has 1 fully saturated rings. The molecule has 2 nitrogen and oxygen atoms in total. The van der Waals surface area contributed by atoms with E-state index in [9.17, 15) is 0 Å². The Hall–Kier alpha value is -1.02. The van der Waals surface area contributed by atoms with E-state index in [1.54, 1.807) is 0 Å². The van der Waals surface area contributed by atoms with Crippen molar-refractivity contribution in [3.8, 4) is 0 Å². The highest BCUT2D eigenvalue weighted by atomic mass is 15.2. The van der Waals surface area contributed by atoms with Crippen LogP contribution in [0.4, 0.5) is 5.69 Å². The first kappa shape index (κ1) is 11.5. The summed E-state index contributed by atoms with van der Waals surface area (Å²) in [5, 5.41) is 0. The van der Waals surface area contributed by atoms with Gasteiger partial charge in [-0.1, -0.05) is 31.5 Å². The monoisotopic (exact) mass is 218 g/mol.